The zero-order valence-corrected chi connectivity index (χ0v) is 29.1. The van der Waals surface area contributed by atoms with Crippen LogP contribution >= 0.6 is 0 Å². The summed E-state index contributed by atoms with van der Waals surface area (Å²) in [5.41, 5.74) is 16.1. The molecule has 0 bridgehead atoms. The van der Waals surface area contributed by atoms with Crippen molar-refractivity contribution >= 4 is 39.3 Å². The molecule has 0 aliphatic heterocycles. The summed E-state index contributed by atoms with van der Waals surface area (Å²) in [6.45, 7) is 2.22. The molecule has 6 aromatic carbocycles. The van der Waals surface area contributed by atoms with Gasteiger partial charge in [0.15, 0.2) is 0 Å². The van der Waals surface area contributed by atoms with Crippen LogP contribution in [-0.2, 0) is 13.5 Å². The summed E-state index contributed by atoms with van der Waals surface area (Å²) in [5.74, 6) is 0.387. The van der Waals surface area contributed by atoms with Gasteiger partial charge in [0.25, 0.3) is 0 Å². The number of rotatable bonds is 6. The number of fused-ring (bicyclic) bond motifs is 5. The molecule has 1 atom stereocenters. The lowest BCUT2D eigenvalue weighted by Crippen LogP contribution is -2.15. The third kappa shape index (κ3) is 5.73. The van der Waals surface area contributed by atoms with E-state index in [0.29, 0.717) is 5.92 Å². The van der Waals surface area contributed by atoms with Crippen molar-refractivity contribution in [3.05, 3.63) is 187 Å². The van der Waals surface area contributed by atoms with Gasteiger partial charge in [0, 0.05) is 45.9 Å². The predicted molar refractivity (Wildman–Crippen MR) is 218 cm³/mol. The lowest BCUT2D eigenvalue weighted by atomic mass is 9.92. The molecule has 0 saturated carbocycles. The molecule has 0 amide bonds. The highest BCUT2D eigenvalue weighted by molar-refractivity contribution is 6.13. The highest BCUT2D eigenvalue weighted by Gasteiger charge is 2.18. The van der Waals surface area contributed by atoms with Gasteiger partial charge in [-0.1, -0.05) is 128 Å². The molecule has 0 fully saturated rings. The zero-order valence-electron chi connectivity index (χ0n) is 29.1. The molecule has 9 rings (SSSR count). The van der Waals surface area contributed by atoms with E-state index in [9.17, 15) is 0 Å². The number of allylic oxidation sites excluding steroid dienone is 6. The van der Waals surface area contributed by atoms with Crippen molar-refractivity contribution in [1.82, 2.24) is 4.57 Å². The highest BCUT2D eigenvalue weighted by Crippen LogP contribution is 2.39. The first-order valence-corrected chi connectivity index (χ1v) is 18.0. The van der Waals surface area contributed by atoms with Crippen molar-refractivity contribution in [3.8, 4) is 33.4 Å². The first-order valence-electron chi connectivity index (χ1n) is 18.0. The molecule has 2 aliphatic carbocycles. The Bertz CT molecular complexity index is 2520. The Morgan fingerprint density at radius 3 is 2.06 bits per heavy atom. The fourth-order valence-corrected chi connectivity index (χ4v) is 7.81. The molecule has 1 heterocycles. The van der Waals surface area contributed by atoms with Crippen molar-refractivity contribution < 1.29 is 0 Å². The molecule has 2 aliphatic rings. The number of aromatic nitrogens is 1. The molecular weight excluding hydrogens is 617 g/mol. The molecule has 0 saturated heterocycles. The standard InChI is InChI=1S/C49H40N2/c1-34-10-8-15-42(27-18-34)51(44-16-9-14-40(32-44)35-11-4-3-5-12-35)43-28-23-37(24-29-43)36-19-21-38(22-20-36)41-26-30-47-46(33-41)49-45-17-7-6-13-39(45)25-31-48(49)50(47)2/h3-5,7-12,14-34H,6,13H2,1-2H3. The summed E-state index contributed by atoms with van der Waals surface area (Å²) in [6.07, 6.45) is 18.0. The molecule has 51 heavy (non-hydrogen) atoms. The molecule has 7 aromatic rings. The third-order valence-corrected chi connectivity index (χ3v) is 10.6. The van der Waals surface area contributed by atoms with Gasteiger partial charge in [0.05, 0.1) is 0 Å². The Morgan fingerprint density at radius 2 is 1.25 bits per heavy atom. The summed E-state index contributed by atoms with van der Waals surface area (Å²) >= 11 is 0. The second-order valence-corrected chi connectivity index (χ2v) is 13.8. The number of aryl methyl sites for hydroxylation is 2. The van der Waals surface area contributed by atoms with Crippen molar-refractivity contribution in [2.45, 2.75) is 19.8 Å². The van der Waals surface area contributed by atoms with Crippen LogP contribution in [-0.4, -0.2) is 4.57 Å². The molecular formula is C49H40N2. The van der Waals surface area contributed by atoms with Gasteiger partial charge in [-0.2, -0.15) is 0 Å². The average Bonchev–Trinajstić information content (AvgIpc) is 3.31. The Morgan fingerprint density at radius 1 is 0.588 bits per heavy atom. The lowest BCUT2D eigenvalue weighted by molar-refractivity contribution is 0.941. The summed E-state index contributed by atoms with van der Waals surface area (Å²) in [4.78, 5) is 2.36. The largest absolute Gasteiger partial charge is 0.344 e. The van der Waals surface area contributed by atoms with E-state index in [-0.39, 0.29) is 0 Å². The van der Waals surface area contributed by atoms with Crippen molar-refractivity contribution in [3.63, 3.8) is 0 Å². The Balaban J connectivity index is 1.04. The first kappa shape index (κ1) is 30.9. The van der Waals surface area contributed by atoms with Crippen LogP contribution in [0.3, 0.4) is 0 Å². The van der Waals surface area contributed by atoms with E-state index >= 15 is 0 Å². The molecule has 1 unspecified atom stereocenters. The van der Waals surface area contributed by atoms with E-state index in [0.717, 1.165) is 29.9 Å². The van der Waals surface area contributed by atoms with Gasteiger partial charge < -0.3 is 9.47 Å². The van der Waals surface area contributed by atoms with Gasteiger partial charge in [-0.15, -0.1) is 0 Å². The molecule has 0 spiro atoms. The van der Waals surface area contributed by atoms with Crippen LogP contribution in [0, 0.1) is 5.92 Å². The molecule has 0 N–H and O–H groups in total. The van der Waals surface area contributed by atoms with Crippen molar-refractivity contribution in [2.24, 2.45) is 13.0 Å². The van der Waals surface area contributed by atoms with Gasteiger partial charge in [0.2, 0.25) is 0 Å². The first-order chi connectivity index (χ1) is 25.1. The van der Waals surface area contributed by atoms with Crippen LogP contribution in [0.1, 0.15) is 24.5 Å². The number of benzene rings is 6. The van der Waals surface area contributed by atoms with Gasteiger partial charge >= 0.3 is 0 Å². The van der Waals surface area contributed by atoms with Crippen LogP contribution in [0.2, 0.25) is 0 Å². The number of nitrogens with zero attached hydrogens (tertiary/aromatic N) is 2. The van der Waals surface area contributed by atoms with E-state index in [4.69, 9.17) is 0 Å². The van der Waals surface area contributed by atoms with E-state index in [1.165, 1.54) is 66.3 Å². The van der Waals surface area contributed by atoms with E-state index in [2.05, 4.69) is 199 Å². The van der Waals surface area contributed by atoms with Gasteiger partial charge in [0.1, 0.15) is 0 Å². The third-order valence-electron chi connectivity index (χ3n) is 10.6. The zero-order chi connectivity index (χ0) is 34.3. The molecule has 2 nitrogen and oxygen atoms in total. The molecule has 246 valence electrons. The van der Waals surface area contributed by atoms with Crippen molar-refractivity contribution in [1.29, 1.82) is 0 Å². The van der Waals surface area contributed by atoms with Crippen LogP contribution in [0.25, 0.3) is 61.3 Å². The summed E-state index contributed by atoms with van der Waals surface area (Å²) in [5, 5.41) is 2.71. The van der Waals surface area contributed by atoms with Gasteiger partial charge in [-0.25, -0.2) is 0 Å². The minimum atomic E-state index is 0.387. The topological polar surface area (TPSA) is 8.17 Å². The lowest BCUT2D eigenvalue weighted by Gasteiger charge is -2.27. The maximum absolute atomic E-state index is 2.39. The van der Waals surface area contributed by atoms with E-state index in [1.54, 1.807) is 0 Å². The minimum absolute atomic E-state index is 0.387. The second-order valence-electron chi connectivity index (χ2n) is 13.8. The number of hydrogen-bond acceptors (Lipinski definition) is 1. The van der Waals surface area contributed by atoms with Gasteiger partial charge in [-0.3, -0.25) is 0 Å². The quantitative estimate of drug-likeness (QED) is 0.173. The molecule has 0 radical (unpaired) electrons. The predicted octanol–water partition coefficient (Wildman–Crippen LogP) is 13.1. The Labute approximate surface area is 300 Å². The number of hydrogen-bond donors (Lipinski definition) is 0. The normalized spacial score (nSPS) is 15.2. The Hall–Kier alpha value is -6.12. The SMILES string of the molecule is CC1C=CC=C(N(c2ccc(-c3ccc(-c4ccc5c(c4)c4c6c(ccc4n5C)CCC=C6)cc3)cc2)c2cccc(-c3ccccc3)c2)C=C1. The van der Waals surface area contributed by atoms with E-state index in [1.807, 2.05) is 0 Å². The maximum Gasteiger partial charge on any atom is 0.0495 e. The highest BCUT2D eigenvalue weighted by atomic mass is 15.1. The average molecular weight is 657 g/mol. The fourth-order valence-electron chi connectivity index (χ4n) is 7.81. The van der Waals surface area contributed by atoms with E-state index < -0.39 is 0 Å². The smallest absolute Gasteiger partial charge is 0.0495 e. The summed E-state index contributed by atoms with van der Waals surface area (Å²) < 4.78 is 2.34. The minimum Gasteiger partial charge on any atom is -0.344 e. The summed E-state index contributed by atoms with van der Waals surface area (Å²) in [7, 11) is 2.19. The van der Waals surface area contributed by atoms with Crippen LogP contribution < -0.4 is 4.90 Å². The second kappa shape index (κ2) is 13.0. The van der Waals surface area contributed by atoms with Crippen LogP contribution in [0.4, 0.5) is 11.4 Å². The maximum atomic E-state index is 2.39. The van der Waals surface area contributed by atoms with Crippen molar-refractivity contribution in [2.75, 3.05) is 4.90 Å². The van der Waals surface area contributed by atoms with Crippen LogP contribution in [0.15, 0.2) is 176 Å². The summed E-state index contributed by atoms with van der Waals surface area (Å²) in [6, 6.07) is 49.0. The fraction of sp³-hybridized carbons (Fsp3) is 0.102. The molecule has 1 aromatic heterocycles. The van der Waals surface area contributed by atoms with Crippen LogP contribution in [0.5, 0.6) is 0 Å². The molecule has 2 heteroatoms. The van der Waals surface area contributed by atoms with Gasteiger partial charge in [-0.05, 0) is 118 Å². The number of anilines is 2. The Kier molecular flexibility index (Phi) is 7.86. The monoisotopic (exact) mass is 656 g/mol.